The van der Waals surface area contributed by atoms with E-state index in [1.54, 1.807) is 6.07 Å². The standard InChI is InChI=1S/C14H16N2O/c1-10-5-4-6-11-12(16-7-2-3-8-16)9-13(17)15-14(10)11/h4-6,9H,2-3,7-8H2,1H3,(H,15,17). The first-order chi connectivity index (χ1) is 8.25. The van der Waals surface area contributed by atoms with Gasteiger partial charge in [0.25, 0.3) is 0 Å². The lowest BCUT2D eigenvalue weighted by Crippen LogP contribution is -2.20. The number of nitrogens with zero attached hydrogens (tertiary/aromatic N) is 1. The lowest BCUT2D eigenvalue weighted by Gasteiger charge is -2.19. The number of hydrogen-bond donors (Lipinski definition) is 1. The van der Waals surface area contributed by atoms with E-state index in [-0.39, 0.29) is 5.56 Å². The first-order valence-corrected chi connectivity index (χ1v) is 6.13. The summed E-state index contributed by atoms with van der Waals surface area (Å²) in [7, 11) is 0. The van der Waals surface area contributed by atoms with Crippen molar-refractivity contribution in [2.75, 3.05) is 18.0 Å². The van der Waals surface area contributed by atoms with Crippen LogP contribution in [0.25, 0.3) is 10.9 Å². The van der Waals surface area contributed by atoms with Gasteiger partial charge in [0, 0.05) is 24.5 Å². The van der Waals surface area contributed by atoms with Crippen LogP contribution in [0.1, 0.15) is 18.4 Å². The van der Waals surface area contributed by atoms with E-state index in [1.807, 2.05) is 13.0 Å². The number of fused-ring (bicyclic) bond motifs is 1. The molecule has 0 saturated carbocycles. The van der Waals surface area contributed by atoms with Crippen molar-refractivity contribution in [3.05, 3.63) is 40.2 Å². The molecule has 0 aliphatic carbocycles. The monoisotopic (exact) mass is 228 g/mol. The molecule has 0 bridgehead atoms. The van der Waals surface area contributed by atoms with Gasteiger partial charge < -0.3 is 9.88 Å². The highest BCUT2D eigenvalue weighted by molar-refractivity contribution is 5.93. The van der Waals surface area contributed by atoms with Crippen molar-refractivity contribution >= 4 is 16.6 Å². The molecule has 1 aromatic carbocycles. The molecule has 88 valence electrons. The highest BCUT2D eigenvalue weighted by Crippen LogP contribution is 2.28. The summed E-state index contributed by atoms with van der Waals surface area (Å²) in [6.45, 7) is 4.16. The summed E-state index contributed by atoms with van der Waals surface area (Å²) in [5.41, 5.74) is 3.18. The van der Waals surface area contributed by atoms with Gasteiger partial charge in [-0.25, -0.2) is 0 Å². The second-order valence-electron chi connectivity index (χ2n) is 4.71. The number of anilines is 1. The minimum absolute atomic E-state index is 0.00583. The fraction of sp³-hybridized carbons (Fsp3) is 0.357. The van der Waals surface area contributed by atoms with E-state index in [0.29, 0.717) is 0 Å². The van der Waals surface area contributed by atoms with Crippen LogP contribution < -0.4 is 10.5 Å². The van der Waals surface area contributed by atoms with E-state index < -0.39 is 0 Å². The van der Waals surface area contributed by atoms with Gasteiger partial charge in [-0.15, -0.1) is 0 Å². The van der Waals surface area contributed by atoms with Crippen molar-refractivity contribution in [3.63, 3.8) is 0 Å². The largest absolute Gasteiger partial charge is 0.371 e. The summed E-state index contributed by atoms with van der Waals surface area (Å²) >= 11 is 0. The van der Waals surface area contributed by atoms with E-state index in [1.165, 1.54) is 12.8 Å². The molecule has 1 N–H and O–H groups in total. The molecule has 0 unspecified atom stereocenters. The number of aryl methyl sites for hydroxylation is 1. The van der Waals surface area contributed by atoms with Gasteiger partial charge in [-0.1, -0.05) is 18.2 Å². The molecule has 1 saturated heterocycles. The van der Waals surface area contributed by atoms with Crippen LogP contribution in [-0.2, 0) is 0 Å². The lowest BCUT2D eigenvalue weighted by molar-refractivity contribution is 0.949. The zero-order valence-electron chi connectivity index (χ0n) is 9.99. The minimum atomic E-state index is -0.00583. The molecule has 0 spiro atoms. The van der Waals surface area contributed by atoms with Gasteiger partial charge in [0.1, 0.15) is 0 Å². The maximum atomic E-state index is 11.7. The maximum absolute atomic E-state index is 11.7. The third-order valence-corrected chi connectivity index (χ3v) is 3.51. The fourth-order valence-corrected chi connectivity index (χ4v) is 2.63. The molecule has 2 heterocycles. The zero-order chi connectivity index (χ0) is 11.8. The second-order valence-corrected chi connectivity index (χ2v) is 4.71. The van der Waals surface area contributed by atoms with Gasteiger partial charge in [0.2, 0.25) is 5.56 Å². The van der Waals surface area contributed by atoms with E-state index >= 15 is 0 Å². The van der Waals surface area contributed by atoms with E-state index in [4.69, 9.17) is 0 Å². The van der Waals surface area contributed by atoms with Gasteiger partial charge in [-0.05, 0) is 25.3 Å². The Morgan fingerprint density at radius 2 is 2.00 bits per heavy atom. The van der Waals surface area contributed by atoms with Crippen molar-refractivity contribution in [2.24, 2.45) is 0 Å². The summed E-state index contributed by atoms with van der Waals surface area (Å²) in [4.78, 5) is 17.0. The van der Waals surface area contributed by atoms with Gasteiger partial charge in [-0.2, -0.15) is 0 Å². The number of rotatable bonds is 1. The molecule has 1 aliphatic heterocycles. The SMILES string of the molecule is Cc1cccc2c(N3CCCC3)cc(=O)[nH]c12. The molecule has 0 radical (unpaired) electrons. The average molecular weight is 228 g/mol. The van der Waals surface area contributed by atoms with Gasteiger partial charge in [-0.3, -0.25) is 4.79 Å². The van der Waals surface area contributed by atoms with Crippen molar-refractivity contribution in [1.29, 1.82) is 0 Å². The predicted octanol–water partition coefficient (Wildman–Crippen LogP) is 2.44. The third kappa shape index (κ3) is 1.71. The Labute approximate surface area is 100 Å². The van der Waals surface area contributed by atoms with Crippen molar-refractivity contribution in [2.45, 2.75) is 19.8 Å². The number of H-pyrrole nitrogens is 1. The normalized spacial score (nSPS) is 15.7. The van der Waals surface area contributed by atoms with E-state index in [0.717, 1.165) is 35.2 Å². The number of para-hydroxylation sites is 1. The van der Waals surface area contributed by atoms with Gasteiger partial charge in [0.05, 0.1) is 11.2 Å². The van der Waals surface area contributed by atoms with Crippen LogP contribution in [0.3, 0.4) is 0 Å². The quantitative estimate of drug-likeness (QED) is 0.813. The molecule has 2 aromatic rings. The topological polar surface area (TPSA) is 36.1 Å². The summed E-state index contributed by atoms with van der Waals surface area (Å²) in [5.74, 6) is 0. The zero-order valence-corrected chi connectivity index (χ0v) is 9.99. The van der Waals surface area contributed by atoms with Crippen LogP contribution in [0.4, 0.5) is 5.69 Å². The fourth-order valence-electron chi connectivity index (χ4n) is 2.63. The Balaban J connectivity index is 2.29. The lowest BCUT2D eigenvalue weighted by atomic mass is 10.1. The van der Waals surface area contributed by atoms with E-state index in [2.05, 4.69) is 22.0 Å². The molecular formula is C14H16N2O. The Bertz CT molecular complexity index is 609. The summed E-state index contributed by atoms with van der Waals surface area (Å²) in [5, 5.41) is 1.16. The van der Waals surface area contributed by atoms with E-state index in [9.17, 15) is 4.79 Å². The molecule has 17 heavy (non-hydrogen) atoms. The smallest absolute Gasteiger partial charge is 0.250 e. The van der Waals surface area contributed by atoms with Crippen molar-refractivity contribution in [1.82, 2.24) is 4.98 Å². The number of aromatic amines is 1. The number of hydrogen-bond acceptors (Lipinski definition) is 2. The molecular weight excluding hydrogens is 212 g/mol. The number of pyridine rings is 1. The Hall–Kier alpha value is -1.77. The first-order valence-electron chi connectivity index (χ1n) is 6.13. The van der Waals surface area contributed by atoms with Crippen LogP contribution in [0.5, 0.6) is 0 Å². The van der Waals surface area contributed by atoms with Crippen LogP contribution in [0.2, 0.25) is 0 Å². The highest BCUT2D eigenvalue weighted by Gasteiger charge is 2.16. The van der Waals surface area contributed by atoms with Crippen LogP contribution in [0.15, 0.2) is 29.1 Å². The predicted molar refractivity (Wildman–Crippen MR) is 70.8 cm³/mol. The average Bonchev–Trinajstić information content (AvgIpc) is 2.83. The van der Waals surface area contributed by atoms with Crippen LogP contribution in [0, 0.1) is 6.92 Å². The Kier molecular flexibility index (Phi) is 2.39. The highest BCUT2D eigenvalue weighted by atomic mass is 16.1. The molecule has 3 nitrogen and oxygen atoms in total. The molecule has 3 rings (SSSR count). The molecule has 3 heteroatoms. The van der Waals surface area contributed by atoms with Crippen LogP contribution in [-0.4, -0.2) is 18.1 Å². The number of benzene rings is 1. The summed E-state index contributed by atoms with van der Waals surface area (Å²) in [6.07, 6.45) is 2.44. The molecule has 0 atom stereocenters. The van der Waals surface area contributed by atoms with Crippen molar-refractivity contribution < 1.29 is 0 Å². The Morgan fingerprint density at radius 1 is 1.24 bits per heavy atom. The molecule has 1 fully saturated rings. The van der Waals surface area contributed by atoms with Crippen LogP contribution >= 0.6 is 0 Å². The minimum Gasteiger partial charge on any atom is -0.371 e. The number of nitrogens with one attached hydrogen (secondary N) is 1. The first kappa shape index (κ1) is 10.4. The van der Waals surface area contributed by atoms with Gasteiger partial charge >= 0.3 is 0 Å². The second kappa shape index (κ2) is 3.91. The number of aromatic nitrogens is 1. The third-order valence-electron chi connectivity index (χ3n) is 3.51. The summed E-state index contributed by atoms with van der Waals surface area (Å²) in [6, 6.07) is 7.90. The van der Waals surface area contributed by atoms with Crippen molar-refractivity contribution in [3.8, 4) is 0 Å². The molecule has 1 aliphatic rings. The Morgan fingerprint density at radius 3 is 2.76 bits per heavy atom. The molecule has 0 amide bonds. The van der Waals surface area contributed by atoms with Gasteiger partial charge in [0.15, 0.2) is 0 Å². The summed E-state index contributed by atoms with van der Waals surface area (Å²) < 4.78 is 0. The maximum Gasteiger partial charge on any atom is 0.250 e. The molecule has 1 aromatic heterocycles.